The van der Waals surface area contributed by atoms with Crippen LogP contribution in [0.5, 0.6) is 0 Å². The van der Waals surface area contributed by atoms with E-state index in [1.807, 2.05) is 6.92 Å². The fourth-order valence-electron chi connectivity index (χ4n) is 4.46. The average molecular weight is 750 g/mol. The second kappa shape index (κ2) is 17.5. The highest BCUT2D eigenvalue weighted by atomic mass is 35.5. The minimum atomic E-state index is -4.30. The number of anilines is 1. The number of ether oxygens (including phenoxy) is 6. The van der Waals surface area contributed by atoms with E-state index < -0.39 is 83.2 Å². The summed E-state index contributed by atoms with van der Waals surface area (Å²) < 4.78 is 68.6. The fraction of sp³-hybridized carbons (Fsp3) is 0.552. The Labute approximate surface area is 290 Å². The molecule has 0 radical (unpaired) electrons. The van der Waals surface area contributed by atoms with Gasteiger partial charge in [-0.1, -0.05) is 12.1 Å². The Balaban J connectivity index is 1.41. The van der Waals surface area contributed by atoms with Crippen LogP contribution in [0.25, 0.3) is 11.0 Å². The number of benzene rings is 1. The van der Waals surface area contributed by atoms with Gasteiger partial charge >= 0.3 is 19.9 Å². The number of aliphatic hydroxyl groups is 2. The van der Waals surface area contributed by atoms with Gasteiger partial charge in [0.15, 0.2) is 11.9 Å². The third-order valence-corrected chi connectivity index (χ3v) is 8.44. The molecule has 276 valence electrons. The summed E-state index contributed by atoms with van der Waals surface area (Å²) in [6.07, 6.45) is -8.08. The summed E-state index contributed by atoms with van der Waals surface area (Å²) in [6.45, 7) is 5.99. The van der Waals surface area contributed by atoms with Crippen LogP contribution in [-0.2, 0) is 42.0 Å². The lowest BCUT2D eigenvalue weighted by atomic mass is 10.1. The third-order valence-electron chi connectivity index (χ3n) is 6.78. The summed E-state index contributed by atoms with van der Waals surface area (Å²) >= 11 is 6.22. The molecule has 18 nitrogen and oxygen atoms in total. The molecule has 4 rings (SSSR count). The van der Waals surface area contributed by atoms with Gasteiger partial charge in [-0.15, -0.1) is 0 Å². The number of rotatable bonds is 16. The van der Waals surface area contributed by atoms with Crippen LogP contribution in [0.2, 0.25) is 5.28 Å². The first-order chi connectivity index (χ1) is 23.7. The van der Waals surface area contributed by atoms with E-state index in [9.17, 15) is 28.8 Å². The third kappa shape index (κ3) is 10.7. The van der Waals surface area contributed by atoms with Crippen LogP contribution in [0, 0.1) is 5.82 Å². The molecule has 0 amide bonds. The van der Waals surface area contributed by atoms with Crippen molar-refractivity contribution in [1.29, 1.82) is 0 Å². The largest absolute Gasteiger partial charge is 0.510 e. The van der Waals surface area contributed by atoms with E-state index in [0.717, 1.165) is 5.56 Å². The highest BCUT2D eigenvalue weighted by molar-refractivity contribution is 7.53. The van der Waals surface area contributed by atoms with Gasteiger partial charge in [0.2, 0.25) is 18.9 Å². The van der Waals surface area contributed by atoms with Crippen molar-refractivity contribution in [2.45, 2.75) is 77.4 Å². The number of aromatic nitrogens is 4. The lowest BCUT2D eigenvalue weighted by Crippen LogP contribution is -2.34. The van der Waals surface area contributed by atoms with E-state index in [1.165, 1.54) is 23.0 Å². The molecule has 3 N–H and O–H groups in total. The van der Waals surface area contributed by atoms with Gasteiger partial charge in [-0.25, -0.2) is 18.7 Å². The summed E-state index contributed by atoms with van der Waals surface area (Å²) in [7, 11) is -4.30. The van der Waals surface area contributed by atoms with Crippen molar-refractivity contribution in [3.05, 3.63) is 47.1 Å². The standard InChI is InChI=1S/C29H38ClFN5O13P/c1-15(2)47-28(39)43-12-45-50(41,46-13-44-29(40)48-16(3)4)14-42-11-21-22(37)23(38)26(49-21)36-25-20(10-32-36)24(34-27(30)35-25)33-17(5)18-6-8-19(31)9-7-18/h6-10,15-17,21-23,26,37-38H,11-14H2,1-5H3,(H,33,34,35)/t17-,21-,22-,23-,26-/m1/s1. The lowest BCUT2D eigenvalue weighted by molar-refractivity contribution is -0.0691. The van der Waals surface area contributed by atoms with Crippen molar-refractivity contribution in [3.63, 3.8) is 0 Å². The molecule has 50 heavy (non-hydrogen) atoms. The SMILES string of the molecule is CC(C)OC(=O)OCOP(=O)(COC[C@H]1O[C@@H](n2ncc3c(N[C@H](C)c4ccc(F)cc4)nc(Cl)nc32)[C@H](O)[C@@H]1O)OCOC(=O)OC(C)C. The maximum atomic E-state index is 13.4. The topological polar surface area (TPSA) is 221 Å². The number of fused-ring (bicyclic) bond motifs is 1. The van der Waals surface area contributed by atoms with Crippen LogP contribution in [0.3, 0.4) is 0 Å². The Bertz CT molecular complexity index is 1620. The monoisotopic (exact) mass is 749 g/mol. The lowest BCUT2D eigenvalue weighted by Gasteiger charge is -2.20. The molecule has 1 aliphatic heterocycles. The van der Waals surface area contributed by atoms with Gasteiger partial charge in [0, 0.05) is 6.04 Å². The molecule has 1 fully saturated rings. The molecular formula is C29H38ClFN5O13P. The zero-order chi connectivity index (χ0) is 36.6. The maximum absolute atomic E-state index is 13.4. The molecular weight excluding hydrogens is 712 g/mol. The zero-order valence-corrected chi connectivity index (χ0v) is 29.3. The predicted molar refractivity (Wildman–Crippen MR) is 170 cm³/mol. The molecule has 5 atom stereocenters. The molecule has 3 aromatic rings. The molecule has 0 saturated carbocycles. The van der Waals surface area contributed by atoms with Crippen molar-refractivity contribution in [2.24, 2.45) is 0 Å². The van der Waals surface area contributed by atoms with Gasteiger partial charge in [0.25, 0.3) is 0 Å². The summed E-state index contributed by atoms with van der Waals surface area (Å²) in [6, 6.07) is 5.58. The minimum Gasteiger partial charge on any atom is -0.432 e. The molecule has 3 heterocycles. The molecule has 21 heteroatoms. The number of aliphatic hydroxyl groups excluding tert-OH is 2. The van der Waals surface area contributed by atoms with E-state index in [2.05, 4.69) is 20.4 Å². The van der Waals surface area contributed by atoms with Crippen LogP contribution in [0.1, 0.15) is 52.5 Å². The molecule has 1 saturated heterocycles. The number of carbonyl (C=O) groups excluding carboxylic acids is 2. The van der Waals surface area contributed by atoms with Crippen molar-refractivity contribution in [2.75, 3.05) is 31.9 Å². The van der Waals surface area contributed by atoms with Crippen molar-refractivity contribution in [3.8, 4) is 0 Å². The number of hydrogen-bond donors (Lipinski definition) is 3. The molecule has 0 unspecified atom stereocenters. The molecule has 1 aromatic carbocycles. The van der Waals surface area contributed by atoms with E-state index >= 15 is 0 Å². The number of nitrogens with one attached hydrogen (secondary N) is 1. The molecule has 2 aromatic heterocycles. The predicted octanol–water partition coefficient (Wildman–Crippen LogP) is 4.65. The van der Waals surface area contributed by atoms with E-state index in [-0.39, 0.29) is 22.8 Å². The number of nitrogens with zero attached hydrogens (tertiary/aromatic N) is 4. The summed E-state index contributed by atoms with van der Waals surface area (Å²) in [5.74, 6) is -0.0771. The molecule has 0 spiro atoms. The minimum absolute atomic E-state index is 0.153. The van der Waals surface area contributed by atoms with Gasteiger partial charge in [-0.05, 0) is 63.9 Å². The Kier molecular flexibility index (Phi) is 13.7. The summed E-state index contributed by atoms with van der Waals surface area (Å²) in [5.41, 5.74) is 0.930. The van der Waals surface area contributed by atoms with Crippen molar-refractivity contribution >= 4 is 48.4 Å². The van der Waals surface area contributed by atoms with Gasteiger partial charge in [0.05, 0.1) is 30.4 Å². The number of hydrogen-bond acceptors (Lipinski definition) is 17. The molecule has 0 bridgehead atoms. The second-order valence-corrected chi connectivity index (χ2v) is 13.7. The summed E-state index contributed by atoms with van der Waals surface area (Å²) in [5, 5.41) is 29.4. The smallest absolute Gasteiger partial charge is 0.432 e. The van der Waals surface area contributed by atoms with E-state index in [4.69, 9.17) is 49.1 Å². The van der Waals surface area contributed by atoms with Gasteiger partial charge < -0.3 is 44.0 Å². The van der Waals surface area contributed by atoms with Gasteiger partial charge in [-0.2, -0.15) is 15.1 Å². The van der Waals surface area contributed by atoms with Gasteiger partial charge in [-0.3, -0.25) is 13.6 Å². The zero-order valence-electron chi connectivity index (χ0n) is 27.6. The summed E-state index contributed by atoms with van der Waals surface area (Å²) in [4.78, 5) is 31.8. The number of halogens is 2. The quantitative estimate of drug-likeness (QED) is 0.0785. The normalized spacial score (nSPS) is 19.9. The Morgan fingerprint density at radius 2 is 1.60 bits per heavy atom. The van der Waals surface area contributed by atoms with Crippen molar-refractivity contribution < 1.29 is 66.2 Å². The Hall–Kier alpha value is -3.68. The van der Waals surface area contributed by atoms with E-state index in [0.29, 0.717) is 11.2 Å². The Morgan fingerprint density at radius 1 is 1.00 bits per heavy atom. The first-order valence-corrected chi connectivity index (χ1v) is 17.3. The van der Waals surface area contributed by atoms with E-state index in [1.54, 1.807) is 39.8 Å². The van der Waals surface area contributed by atoms with Crippen LogP contribution in [0.15, 0.2) is 30.5 Å². The van der Waals surface area contributed by atoms with Crippen LogP contribution in [0.4, 0.5) is 19.8 Å². The van der Waals surface area contributed by atoms with Crippen LogP contribution >= 0.6 is 19.2 Å². The molecule has 1 aliphatic rings. The molecule has 0 aliphatic carbocycles. The maximum Gasteiger partial charge on any atom is 0.510 e. The highest BCUT2D eigenvalue weighted by Gasteiger charge is 2.45. The average Bonchev–Trinajstić information content (AvgIpc) is 3.56. The Morgan fingerprint density at radius 3 is 2.18 bits per heavy atom. The first-order valence-electron chi connectivity index (χ1n) is 15.2. The highest BCUT2D eigenvalue weighted by Crippen LogP contribution is 2.48. The van der Waals surface area contributed by atoms with Crippen molar-refractivity contribution in [1.82, 2.24) is 19.7 Å². The first kappa shape index (κ1) is 39.1. The van der Waals surface area contributed by atoms with Crippen LogP contribution < -0.4 is 5.32 Å². The van der Waals surface area contributed by atoms with Crippen LogP contribution in [-0.4, -0.2) is 99.3 Å². The fourth-order valence-corrected chi connectivity index (χ4v) is 5.60. The number of carbonyl (C=O) groups is 2. The second-order valence-electron chi connectivity index (χ2n) is 11.4. The van der Waals surface area contributed by atoms with Gasteiger partial charge in [0.1, 0.15) is 36.3 Å².